The maximum Gasteiger partial charge on any atom is 0.263 e. The van der Waals surface area contributed by atoms with E-state index in [1.54, 1.807) is 31.2 Å². The number of nitrogens with zero attached hydrogens (tertiary/aromatic N) is 5. The van der Waals surface area contributed by atoms with Crippen LogP contribution in [0, 0.1) is 12.7 Å². The molecule has 3 aromatic heterocycles. The molecule has 0 bridgehead atoms. The molecule has 3 heterocycles. The number of fused-ring (bicyclic) bond motifs is 1. The monoisotopic (exact) mass is 463 g/mol. The molecule has 0 atom stereocenters. The molecule has 164 valence electrons. The van der Waals surface area contributed by atoms with Gasteiger partial charge in [0.15, 0.2) is 5.65 Å². The number of aromatic nitrogens is 6. The standard InChI is InChI=1S/C22H15ClFN7O2/c1-12-9-18(26-20(32)13-3-2-4-14(23)10-13)31(29-12)22-27-19-17(21(33)28-22)11-25-30(19)16-7-5-15(24)6-8-16/h2-11H,1H3,(H,26,32)(H,27,28,33). The molecule has 0 aliphatic rings. The zero-order chi connectivity index (χ0) is 23.1. The number of halogens is 2. The van der Waals surface area contributed by atoms with Crippen molar-refractivity contribution in [2.75, 3.05) is 5.32 Å². The summed E-state index contributed by atoms with van der Waals surface area (Å²) in [7, 11) is 0. The Bertz CT molecular complexity index is 1570. The van der Waals surface area contributed by atoms with Crippen LogP contribution in [0.1, 0.15) is 16.1 Å². The van der Waals surface area contributed by atoms with Crippen molar-refractivity contribution >= 4 is 34.4 Å². The molecule has 0 aliphatic heterocycles. The number of H-pyrrole nitrogens is 1. The van der Waals surface area contributed by atoms with Gasteiger partial charge >= 0.3 is 0 Å². The number of carbonyl (C=O) groups excluding carboxylic acids is 1. The quantitative estimate of drug-likeness (QED) is 0.422. The van der Waals surface area contributed by atoms with E-state index < -0.39 is 17.3 Å². The van der Waals surface area contributed by atoms with E-state index in [1.165, 1.54) is 45.9 Å². The third-order valence-corrected chi connectivity index (χ3v) is 5.09. The number of aromatic amines is 1. The van der Waals surface area contributed by atoms with Crippen molar-refractivity contribution in [3.63, 3.8) is 0 Å². The molecule has 0 fully saturated rings. The van der Waals surface area contributed by atoms with Gasteiger partial charge in [0.25, 0.3) is 11.5 Å². The largest absolute Gasteiger partial charge is 0.306 e. The first-order chi connectivity index (χ1) is 15.9. The summed E-state index contributed by atoms with van der Waals surface area (Å²) in [4.78, 5) is 32.6. The van der Waals surface area contributed by atoms with Crippen LogP contribution in [0.15, 0.2) is 65.6 Å². The Hall–Kier alpha value is -4.31. The van der Waals surface area contributed by atoms with Crippen molar-refractivity contribution < 1.29 is 9.18 Å². The first-order valence-corrected chi connectivity index (χ1v) is 10.1. The smallest absolute Gasteiger partial charge is 0.263 e. The highest BCUT2D eigenvalue weighted by molar-refractivity contribution is 6.31. The molecule has 1 amide bonds. The lowest BCUT2D eigenvalue weighted by atomic mass is 10.2. The summed E-state index contributed by atoms with van der Waals surface area (Å²) in [5.74, 6) is -0.425. The summed E-state index contributed by atoms with van der Waals surface area (Å²) in [5.41, 5.74) is 1.29. The average Bonchev–Trinajstić information content (AvgIpc) is 3.38. The van der Waals surface area contributed by atoms with E-state index in [-0.39, 0.29) is 17.0 Å². The van der Waals surface area contributed by atoms with Gasteiger partial charge in [-0.3, -0.25) is 14.6 Å². The number of amides is 1. The van der Waals surface area contributed by atoms with Gasteiger partial charge in [0.2, 0.25) is 5.95 Å². The van der Waals surface area contributed by atoms with Crippen LogP contribution in [0.25, 0.3) is 22.7 Å². The van der Waals surface area contributed by atoms with E-state index >= 15 is 0 Å². The van der Waals surface area contributed by atoms with Gasteiger partial charge in [0.1, 0.15) is 17.0 Å². The SMILES string of the molecule is Cc1cc(NC(=O)c2cccc(Cl)c2)n(-c2nc3c(cnn3-c3ccc(F)cc3)c(=O)[nH]2)n1. The normalized spacial score (nSPS) is 11.1. The summed E-state index contributed by atoms with van der Waals surface area (Å²) < 4.78 is 16.1. The van der Waals surface area contributed by atoms with Crippen LogP contribution in [0.4, 0.5) is 10.2 Å². The molecule has 5 aromatic rings. The number of anilines is 1. The zero-order valence-corrected chi connectivity index (χ0v) is 17.8. The number of hydrogen-bond donors (Lipinski definition) is 2. The van der Waals surface area contributed by atoms with Crippen molar-refractivity contribution in [3.05, 3.63) is 93.2 Å². The lowest BCUT2D eigenvalue weighted by molar-refractivity contribution is 0.102. The average molecular weight is 464 g/mol. The lowest BCUT2D eigenvalue weighted by Crippen LogP contribution is -2.19. The number of hydrogen-bond acceptors (Lipinski definition) is 5. The van der Waals surface area contributed by atoms with Gasteiger partial charge in [-0.2, -0.15) is 19.9 Å². The Morgan fingerprint density at radius 1 is 1.12 bits per heavy atom. The second kappa shape index (κ2) is 7.99. The van der Waals surface area contributed by atoms with Crippen LogP contribution in [0.5, 0.6) is 0 Å². The summed E-state index contributed by atoms with van der Waals surface area (Å²) in [6.07, 6.45) is 1.38. The maximum absolute atomic E-state index is 13.3. The van der Waals surface area contributed by atoms with E-state index in [2.05, 4.69) is 25.5 Å². The Labute approximate surface area is 190 Å². The maximum atomic E-state index is 13.3. The number of carbonyl (C=O) groups is 1. The molecule has 33 heavy (non-hydrogen) atoms. The Kier molecular flexibility index (Phi) is 4.98. The Morgan fingerprint density at radius 2 is 1.91 bits per heavy atom. The highest BCUT2D eigenvalue weighted by atomic mass is 35.5. The molecule has 2 aromatic carbocycles. The van der Waals surface area contributed by atoms with Crippen molar-refractivity contribution in [1.29, 1.82) is 0 Å². The van der Waals surface area contributed by atoms with Crippen LogP contribution in [-0.2, 0) is 0 Å². The van der Waals surface area contributed by atoms with Crippen LogP contribution in [0.2, 0.25) is 5.02 Å². The van der Waals surface area contributed by atoms with Gasteiger partial charge < -0.3 is 5.32 Å². The topological polar surface area (TPSA) is 110 Å². The minimum Gasteiger partial charge on any atom is -0.306 e. The lowest BCUT2D eigenvalue weighted by Gasteiger charge is -2.09. The second-order valence-corrected chi connectivity index (χ2v) is 7.64. The molecular weight excluding hydrogens is 449 g/mol. The Morgan fingerprint density at radius 3 is 2.67 bits per heavy atom. The van der Waals surface area contributed by atoms with Gasteiger partial charge in [0.05, 0.1) is 17.6 Å². The Balaban J connectivity index is 1.58. The van der Waals surface area contributed by atoms with E-state index in [9.17, 15) is 14.0 Å². The van der Waals surface area contributed by atoms with Crippen molar-refractivity contribution in [3.8, 4) is 11.6 Å². The summed E-state index contributed by atoms with van der Waals surface area (Å²) in [6, 6.07) is 13.8. The number of rotatable bonds is 4. The van der Waals surface area contributed by atoms with E-state index in [0.29, 0.717) is 27.8 Å². The zero-order valence-electron chi connectivity index (χ0n) is 17.1. The van der Waals surface area contributed by atoms with Gasteiger partial charge in [-0.05, 0) is 49.4 Å². The number of benzene rings is 2. The van der Waals surface area contributed by atoms with Crippen molar-refractivity contribution in [2.24, 2.45) is 0 Å². The number of nitrogens with one attached hydrogen (secondary N) is 2. The molecule has 5 rings (SSSR count). The van der Waals surface area contributed by atoms with Crippen LogP contribution < -0.4 is 10.9 Å². The molecule has 0 spiro atoms. The van der Waals surface area contributed by atoms with E-state index in [1.807, 2.05) is 0 Å². The first-order valence-electron chi connectivity index (χ1n) is 9.77. The molecule has 0 radical (unpaired) electrons. The summed E-state index contributed by atoms with van der Waals surface area (Å²) >= 11 is 5.98. The highest BCUT2D eigenvalue weighted by Crippen LogP contribution is 2.19. The molecule has 0 saturated carbocycles. The van der Waals surface area contributed by atoms with Gasteiger partial charge in [-0.1, -0.05) is 17.7 Å². The minimum absolute atomic E-state index is 0.0749. The van der Waals surface area contributed by atoms with Gasteiger partial charge in [-0.25, -0.2) is 9.07 Å². The van der Waals surface area contributed by atoms with Crippen LogP contribution in [-0.4, -0.2) is 35.4 Å². The molecule has 0 unspecified atom stereocenters. The molecule has 0 saturated heterocycles. The van der Waals surface area contributed by atoms with Crippen LogP contribution >= 0.6 is 11.6 Å². The third kappa shape index (κ3) is 3.87. The number of aryl methyl sites for hydroxylation is 1. The second-order valence-electron chi connectivity index (χ2n) is 7.21. The van der Waals surface area contributed by atoms with Gasteiger partial charge in [0, 0.05) is 16.7 Å². The van der Waals surface area contributed by atoms with E-state index in [4.69, 9.17) is 11.6 Å². The molecular formula is C22H15ClFN7O2. The predicted molar refractivity (Wildman–Crippen MR) is 121 cm³/mol. The molecule has 0 aliphatic carbocycles. The summed E-state index contributed by atoms with van der Waals surface area (Å²) in [5, 5.41) is 12.0. The first kappa shape index (κ1) is 20.6. The molecule has 9 nitrogen and oxygen atoms in total. The fraction of sp³-hybridized carbons (Fsp3) is 0.0455. The van der Waals surface area contributed by atoms with Crippen molar-refractivity contribution in [2.45, 2.75) is 6.92 Å². The van der Waals surface area contributed by atoms with Crippen LogP contribution in [0.3, 0.4) is 0 Å². The van der Waals surface area contributed by atoms with Crippen molar-refractivity contribution in [1.82, 2.24) is 29.5 Å². The molecule has 11 heteroatoms. The third-order valence-electron chi connectivity index (χ3n) is 4.86. The van der Waals surface area contributed by atoms with E-state index in [0.717, 1.165) is 0 Å². The molecule has 2 N–H and O–H groups in total. The van der Waals surface area contributed by atoms with Gasteiger partial charge in [-0.15, -0.1) is 0 Å². The predicted octanol–water partition coefficient (Wildman–Crippen LogP) is 3.65. The fourth-order valence-corrected chi connectivity index (χ4v) is 3.54. The fourth-order valence-electron chi connectivity index (χ4n) is 3.35. The summed E-state index contributed by atoms with van der Waals surface area (Å²) in [6.45, 7) is 1.74. The highest BCUT2D eigenvalue weighted by Gasteiger charge is 2.17. The minimum atomic E-state index is -0.441.